The highest BCUT2D eigenvalue weighted by molar-refractivity contribution is 7.98. The second kappa shape index (κ2) is 5.56. The lowest BCUT2D eigenvalue weighted by atomic mass is 10.1. The average Bonchev–Trinajstić information content (AvgIpc) is 2.46. The zero-order valence-corrected chi connectivity index (χ0v) is 12.8. The molecule has 0 radical (unpaired) electrons. The van der Waals surface area contributed by atoms with Crippen molar-refractivity contribution < 1.29 is 0 Å². The first-order valence-corrected chi connectivity index (χ1v) is 7.78. The van der Waals surface area contributed by atoms with Crippen LogP contribution in [0.5, 0.6) is 0 Å². The number of fused-ring (bicyclic) bond motifs is 1. The molecule has 0 bridgehead atoms. The summed E-state index contributed by atoms with van der Waals surface area (Å²) < 4.78 is 0. The molecule has 0 fully saturated rings. The van der Waals surface area contributed by atoms with Crippen LogP contribution in [0.2, 0.25) is 10.0 Å². The van der Waals surface area contributed by atoms with Gasteiger partial charge < -0.3 is 0 Å². The number of hydrogen-bond acceptors (Lipinski definition) is 4. The Kier molecular flexibility index (Phi) is 3.78. The highest BCUT2D eigenvalue weighted by Crippen LogP contribution is 2.35. The number of pyridine rings is 1. The number of halogens is 2. The quantitative estimate of drug-likeness (QED) is 0.505. The minimum absolute atomic E-state index is 0.598. The van der Waals surface area contributed by atoms with Crippen molar-refractivity contribution in [1.29, 1.82) is 0 Å². The highest BCUT2D eigenvalue weighted by Gasteiger charge is 2.10. The van der Waals surface area contributed by atoms with Gasteiger partial charge in [-0.05, 0) is 24.5 Å². The van der Waals surface area contributed by atoms with Crippen molar-refractivity contribution in [1.82, 2.24) is 15.0 Å². The molecule has 0 aliphatic rings. The Hall–Kier alpha value is -1.36. The minimum atomic E-state index is 0.598. The lowest BCUT2D eigenvalue weighted by Crippen LogP contribution is -1.91. The fourth-order valence-electron chi connectivity index (χ4n) is 1.92. The zero-order valence-electron chi connectivity index (χ0n) is 10.5. The number of nitrogens with zero attached hydrogens (tertiary/aromatic N) is 3. The molecule has 2 aromatic heterocycles. The first-order chi connectivity index (χ1) is 9.69. The molecule has 2 heterocycles. The van der Waals surface area contributed by atoms with Gasteiger partial charge in [0.2, 0.25) is 0 Å². The second-order valence-corrected chi connectivity index (χ2v) is 5.68. The van der Waals surface area contributed by atoms with Crippen molar-refractivity contribution in [2.24, 2.45) is 0 Å². The number of rotatable bonds is 2. The van der Waals surface area contributed by atoms with Crippen molar-refractivity contribution in [3.05, 3.63) is 46.7 Å². The number of hydrogen-bond donors (Lipinski definition) is 0. The minimum Gasteiger partial charge on any atom is -0.236 e. The molecule has 6 heteroatoms. The summed E-state index contributed by atoms with van der Waals surface area (Å²) in [6, 6.07) is 7.37. The Bertz CT molecular complexity index is 772. The van der Waals surface area contributed by atoms with Gasteiger partial charge >= 0.3 is 0 Å². The topological polar surface area (TPSA) is 38.7 Å². The van der Waals surface area contributed by atoms with Crippen molar-refractivity contribution in [2.75, 3.05) is 6.26 Å². The zero-order chi connectivity index (χ0) is 14.1. The molecule has 0 saturated carbocycles. The summed E-state index contributed by atoms with van der Waals surface area (Å²) in [7, 11) is 0. The summed E-state index contributed by atoms with van der Waals surface area (Å²) in [6.45, 7) is 0. The maximum atomic E-state index is 6.22. The van der Waals surface area contributed by atoms with Crippen LogP contribution in [0.25, 0.3) is 22.2 Å². The number of benzene rings is 1. The smallest absolute Gasteiger partial charge is 0.189 e. The highest BCUT2D eigenvalue weighted by atomic mass is 35.5. The van der Waals surface area contributed by atoms with Gasteiger partial charge in [0.05, 0.1) is 0 Å². The van der Waals surface area contributed by atoms with Gasteiger partial charge in [0.25, 0.3) is 0 Å². The van der Waals surface area contributed by atoms with Crippen LogP contribution < -0.4 is 0 Å². The summed E-state index contributed by atoms with van der Waals surface area (Å²) in [5.41, 5.74) is 2.30. The predicted molar refractivity (Wildman–Crippen MR) is 84.6 cm³/mol. The lowest BCUT2D eigenvalue weighted by molar-refractivity contribution is 0.992. The van der Waals surface area contributed by atoms with E-state index in [-0.39, 0.29) is 0 Å². The van der Waals surface area contributed by atoms with Crippen LogP contribution >= 0.6 is 35.0 Å². The summed E-state index contributed by atoms with van der Waals surface area (Å²) >= 11 is 13.9. The third-order valence-corrected chi connectivity index (χ3v) is 4.04. The molecule has 0 N–H and O–H groups in total. The molecule has 3 nitrogen and oxygen atoms in total. The Balaban J connectivity index is 2.18. The molecule has 100 valence electrons. The summed E-state index contributed by atoms with van der Waals surface area (Å²) in [5, 5.41) is 2.76. The van der Waals surface area contributed by atoms with Gasteiger partial charge in [0.15, 0.2) is 10.8 Å². The van der Waals surface area contributed by atoms with Crippen LogP contribution in [0.15, 0.2) is 41.8 Å². The first-order valence-electron chi connectivity index (χ1n) is 5.80. The maximum absolute atomic E-state index is 6.22. The molecule has 3 aromatic rings. The van der Waals surface area contributed by atoms with Crippen molar-refractivity contribution >= 4 is 46.0 Å². The fourth-order valence-corrected chi connectivity index (χ4v) is 2.87. The molecule has 0 aliphatic carbocycles. The summed E-state index contributed by atoms with van der Waals surface area (Å²) in [6.07, 6.45) is 5.42. The molecule has 0 atom stereocenters. The molecule has 20 heavy (non-hydrogen) atoms. The Morgan fingerprint density at radius 3 is 2.50 bits per heavy atom. The van der Waals surface area contributed by atoms with Crippen molar-refractivity contribution in [3.8, 4) is 11.1 Å². The second-order valence-electron chi connectivity index (χ2n) is 4.09. The van der Waals surface area contributed by atoms with E-state index in [2.05, 4.69) is 15.0 Å². The van der Waals surface area contributed by atoms with E-state index in [9.17, 15) is 0 Å². The molecular formula is C14H9Cl2N3S. The average molecular weight is 322 g/mol. The maximum Gasteiger partial charge on any atom is 0.189 e. The molecule has 1 aromatic carbocycles. The van der Waals surface area contributed by atoms with Gasteiger partial charge in [-0.1, -0.05) is 41.0 Å². The largest absolute Gasteiger partial charge is 0.236 e. The Morgan fingerprint density at radius 2 is 1.80 bits per heavy atom. The van der Waals surface area contributed by atoms with Crippen LogP contribution in [0.3, 0.4) is 0 Å². The van der Waals surface area contributed by atoms with E-state index in [1.807, 2.05) is 18.4 Å². The Morgan fingerprint density at radius 1 is 1.05 bits per heavy atom. The Labute approximate surface area is 130 Å². The standard InChI is InChI=1S/C14H9Cl2N3S/c1-20-14-18-7-9-5-8(6-17-13(9)19-14)12-10(15)3-2-4-11(12)16/h2-7H,1H3. The molecule has 0 saturated heterocycles. The third-order valence-electron chi connectivity index (χ3n) is 2.84. The van der Waals surface area contributed by atoms with Crippen LogP contribution in [0.1, 0.15) is 0 Å². The molecule has 3 rings (SSSR count). The van der Waals surface area contributed by atoms with Crippen molar-refractivity contribution in [3.63, 3.8) is 0 Å². The number of aromatic nitrogens is 3. The summed E-state index contributed by atoms with van der Waals surface area (Å²) in [5.74, 6) is 0. The predicted octanol–water partition coefficient (Wildman–Crippen LogP) is 4.72. The van der Waals surface area contributed by atoms with Gasteiger partial charge in [-0.15, -0.1) is 0 Å². The summed E-state index contributed by atoms with van der Waals surface area (Å²) in [4.78, 5) is 13.0. The van der Waals surface area contributed by atoms with E-state index in [1.165, 1.54) is 11.8 Å². The van der Waals surface area contributed by atoms with E-state index in [0.29, 0.717) is 20.8 Å². The van der Waals surface area contributed by atoms with E-state index in [1.54, 1.807) is 24.5 Å². The van der Waals surface area contributed by atoms with Crippen molar-refractivity contribution in [2.45, 2.75) is 5.16 Å². The monoisotopic (exact) mass is 321 g/mol. The van der Waals surface area contributed by atoms with E-state index in [0.717, 1.165) is 16.5 Å². The van der Waals surface area contributed by atoms with Gasteiger partial charge in [0, 0.05) is 39.0 Å². The SMILES string of the molecule is CSc1ncc2cc(-c3c(Cl)cccc3Cl)cnc2n1. The van der Waals surface area contributed by atoms with Crippen LogP contribution in [0.4, 0.5) is 0 Å². The molecule has 0 amide bonds. The van der Waals surface area contributed by atoms with E-state index >= 15 is 0 Å². The first kappa shape index (κ1) is 13.6. The molecule has 0 spiro atoms. The van der Waals surface area contributed by atoms with Crippen LogP contribution in [0, 0.1) is 0 Å². The number of thioether (sulfide) groups is 1. The van der Waals surface area contributed by atoms with E-state index in [4.69, 9.17) is 23.2 Å². The molecular weight excluding hydrogens is 313 g/mol. The van der Waals surface area contributed by atoms with Gasteiger partial charge in [-0.2, -0.15) is 0 Å². The molecule has 0 aliphatic heterocycles. The van der Waals surface area contributed by atoms with Gasteiger partial charge in [-0.25, -0.2) is 15.0 Å². The fraction of sp³-hybridized carbons (Fsp3) is 0.0714. The lowest BCUT2D eigenvalue weighted by Gasteiger charge is -2.07. The van der Waals surface area contributed by atoms with E-state index < -0.39 is 0 Å². The van der Waals surface area contributed by atoms with Crippen LogP contribution in [-0.2, 0) is 0 Å². The van der Waals surface area contributed by atoms with Crippen LogP contribution in [-0.4, -0.2) is 21.2 Å². The normalized spacial score (nSPS) is 10.9. The van der Waals surface area contributed by atoms with Gasteiger partial charge in [0.1, 0.15) is 0 Å². The third kappa shape index (κ3) is 2.46. The molecule has 0 unspecified atom stereocenters. The van der Waals surface area contributed by atoms with Gasteiger partial charge in [-0.3, -0.25) is 0 Å².